The minimum atomic E-state index is -0.362. The Morgan fingerprint density at radius 3 is 3.04 bits per heavy atom. The standard InChI is InChI=1S/C19H20N4O3/c1-13-9-20-23(10-13)12-15-11-22(6-7-26-15)19(25)16-8-14-4-2-3-5-17(14)21-18(16)24/h2-5,8-10,15H,6-7,11-12H2,1H3,(H,21,24). The molecular formula is C19H20N4O3. The second-order valence-electron chi connectivity index (χ2n) is 6.58. The Morgan fingerprint density at radius 1 is 1.38 bits per heavy atom. The number of para-hydroxylation sites is 1. The van der Waals surface area contributed by atoms with Crippen LogP contribution in [0.25, 0.3) is 10.9 Å². The maximum absolute atomic E-state index is 12.9. The Labute approximate surface area is 150 Å². The van der Waals surface area contributed by atoms with Gasteiger partial charge in [-0.2, -0.15) is 5.10 Å². The number of carbonyl (C=O) groups excluding carboxylic acids is 1. The van der Waals surface area contributed by atoms with Crippen molar-refractivity contribution in [1.29, 1.82) is 0 Å². The molecule has 4 rings (SSSR count). The first kappa shape index (κ1) is 16.5. The van der Waals surface area contributed by atoms with Crippen LogP contribution >= 0.6 is 0 Å². The van der Waals surface area contributed by atoms with Gasteiger partial charge in [-0.15, -0.1) is 0 Å². The topological polar surface area (TPSA) is 80.2 Å². The van der Waals surface area contributed by atoms with E-state index in [1.165, 1.54) is 0 Å². The van der Waals surface area contributed by atoms with Crippen LogP contribution in [-0.4, -0.2) is 51.4 Å². The van der Waals surface area contributed by atoms with Crippen molar-refractivity contribution in [1.82, 2.24) is 19.7 Å². The number of aromatic amines is 1. The van der Waals surface area contributed by atoms with Gasteiger partial charge in [-0.05, 0) is 30.0 Å². The zero-order valence-electron chi connectivity index (χ0n) is 14.5. The number of nitrogens with one attached hydrogen (secondary N) is 1. The molecule has 7 heteroatoms. The van der Waals surface area contributed by atoms with Gasteiger partial charge in [-0.25, -0.2) is 0 Å². The van der Waals surface area contributed by atoms with E-state index in [2.05, 4.69) is 10.1 Å². The van der Waals surface area contributed by atoms with Crippen LogP contribution in [0, 0.1) is 6.92 Å². The highest BCUT2D eigenvalue weighted by Gasteiger charge is 2.27. The van der Waals surface area contributed by atoms with E-state index in [1.54, 1.807) is 17.2 Å². The summed E-state index contributed by atoms with van der Waals surface area (Å²) in [5.41, 5.74) is 1.61. The van der Waals surface area contributed by atoms with Crippen molar-refractivity contribution in [3.63, 3.8) is 0 Å². The van der Waals surface area contributed by atoms with Crippen LogP contribution in [0.5, 0.6) is 0 Å². The monoisotopic (exact) mass is 352 g/mol. The maximum atomic E-state index is 12.9. The molecule has 0 spiro atoms. The molecule has 2 aromatic heterocycles. The number of ether oxygens (including phenoxy) is 1. The van der Waals surface area contributed by atoms with E-state index < -0.39 is 0 Å². The number of nitrogens with zero attached hydrogens (tertiary/aromatic N) is 3. The lowest BCUT2D eigenvalue weighted by Gasteiger charge is -2.32. The van der Waals surface area contributed by atoms with Crippen molar-refractivity contribution in [3.05, 3.63) is 64.2 Å². The zero-order chi connectivity index (χ0) is 18.1. The van der Waals surface area contributed by atoms with Crippen LogP contribution < -0.4 is 5.56 Å². The molecule has 1 aliphatic rings. The van der Waals surface area contributed by atoms with Crippen molar-refractivity contribution >= 4 is 16.8 Å². The lowest BCUT2D eigenvalue weighted by atomic mass is 10.1. The molecule has 3 aromatic rings. The fourth-order valence-electron chi connectivity index (χ4n) is 3.27. The molecule has 0 bridgehead atoms. The molecule has 134 valence electrons. The molecule has 1 aromatic carbocycles. The molecule has 1 unspecified atom stereocenters. The molecule has 3 heterocycles. The number of hydrogen-bond donors (Lipinski definition) is 1. The Hall–Kier alpha value is -2.93. The summed E-state index contributed by atoms with van der Waals surface area (Å²) in [7, 11) is 0. The molecule has 1 saturated heterocycles. The molecule has 1 N–H and O–H groups in total. The molecule has 0 radical (unpaired) electrons. The van der Waals surface area contributed by atoms with Gasteiger partial charge in [-0.3, -0.25) is 14.3 Å². The van der Waals surface area contributed by atoms with Crippen LogP contribution in [-0.2, 0) is 11.3 Å². The average Bonchev–Trinajstić information content (AvgIpc) is 3.05. The number of morpholine rings is 1. The number of aryl methyl sites for hydroxylation is 1. The second-order valence-corrected chi connectivity index (χ2v) is 6.58. The summed E-state index contributed by atoms with van der Waals surface area (Å²) in [6.45, 7) is 3.91. The summed E-state index contributed by atoms with van der Waals surface area (Å²) in [6, 6.07) is 9.10. The first-order valence-electron chi connectivity index (χ1n) is 8.62. The van der Waals surface area contributed by atoms with Crippen LogP contribution in [0.1, 0.15) is 15.9 Å². The third kappa shape index (κ3) is 3.25. The van der Waals surface area contributed by atoms with Gasteiger partial charge in [0.05, 0.1) is 25.5 Å². The first-order chi connectivity index (χ1) is 12.6. The summed E-state index contributed by atoms with van der Waals surface area (Å²) in [5, 5.41) is 5.10. The molecule has 1 fully saturated rings. The Balaban J connectivity index is 1.54. The van der Waals surface area contributed by atoms with Crippen molar-refractivity contribution in [2.45, 2.75) is 19.6 Å². The van der Waals surface area contributed by atoms with Gasteiger partial charge in [-0.1, -0.05) is 18.2 Å². The predicted octanol–water partition coefficient (Wildman–Crippen LogP) is 1.57. The fraction of sp³-hybridized carbons (Fsp3) is 0.316. The SMILES string of the molecule is Cc1cnn(CC2CN(C(=O)c3cc4ccccc4[nH]c3=O)CCO2)c1. The van der Waals surface area contributed by atoms with Gasteiger partial charge in [0, 0.05) is 24.8 Å². The Bertz CT molecular complexity index is 1010. The summed E-state index contributed by atoms with van der Waals surface area (Å²) < 4.78 is 7.58. The van der Waals surface area contributed by atoms with E-state index in [0.717, 1.165) is 16.5 Å². The smallest absolute Gasteiger partial charge is 0.261 e. The zero-order valence-corrected chi connectivity index (χ0v) is 14.5. The highest BCUT2D eigenvalue weighted by molar-refractivity contribution is 5.97. The van der Waals surface area contributed by atoms with E-state index in [1.807, 2.05) is 42.1 Å². The first-order valence-corrected chi connectivity index (χ1v) is 8.62. The molecule has 1 amide bonds. The molecule has 26 heavy (non-hydrogen) atoms. The van der Waals surface area contributed by atoms with E-state index in [0.29, 0.717) is 26.2 Å². The average molecular weight is 352 g/mol. The van der Waals surface area contributed by atoms with E-state index in [-0.39, 0.29) is 23.1 Å². The van der Waals surface area contributed by atoms with Crippen molar-refractivity contribution in [2.75, 3.05) is 19.7 Å². The van der Waals surface area contributed by atoms with Gasteiger partial charge in [0.2, 0.25) is 0 Å². The van der Waals surface area contributed by atoms with E-state index in [4.69, 9.17) is 4.74 Å². The fourth-order valence-corrected chi connectivity index (χ4v) is 3.27. The third-order valence-electron chi connectivity index (χ3n) is 4.56. The van der Waals surface area contributed by atoms with Crippen molar-refractivity contribution in [2.24, 2.45) is 0 Å². The Kier molecular flexibility index (Phi) is 4.30. The van der Waals surface area contributed by atoms with Crippen LogP contribution in [0.15, 0.2) is 47.5 Å². The largest absolute Gasteiger partial charge is 0.373 e. The van der Waals surface area contributed by atoms with Crippen LogP contribution in [0.2, 0.25) is 0 Å². The van der Waals surface area contributed by atoms with Gasteiger partial charge in [0.15, 0.2) is 0 Å². The summed E-state index contributed by atoms with van der Waals surface area (Å²) in [6.07, 6.45) is 3.59. The Morgan fingerprint density at radius 2 is 2.23 bits per heavy atom. The summed E-state index contributed by atoms with van der Waals surface area (Å²) >= 11 is 0. The number of H-pyrrole nitrogens is 1. The highest BCUT2D eigenvalue weighted by atomic mass is 16.5. The van der Waals surface area contributed by atoms with Gasteiger partial charge in [0.1, 0.15) is 5.56 Å². The van der Waals surface area contributed by atoms with Gasteiger partial charge in [0.25, 0.3) is 11.5 Å². The third-order valence-corrected chi connectivity index (χ3v) is 4.56. The van der Waals surface area contributed by atoms with Gasteiger partial charge < -0.3 is 14.6 Å². The lowest BCUT2D eigenvalue weighted by molar-refractivity contribution is -0.0300. The number of fused-ring (bicyclic) bond motifs is 1. The molecule has 7 nitrogen and oxygen atoms in total. The lowest BCUT2D eigenvalue weighted by Crippen LogP contribution is -2.48. The number of rotatable bonds is 3. The quantitative estimate of drug-likeness (QED) is 0.776. The number of hydrogen-bond acceptors (Lipinski definition) is 4. The minimum absolute atomic E-state index is 0.147. The normalized spacial score (nSPS) is 17.6. The number of amides is 1. The number of carbonyl (C=O) groups is 1. The predicted molar refractivity (Wildman–Crippen MR) is 97.2 cm³/mol. The molecular weight excluding hydrogens is 332 g/mol. The highest BCUT2D eigenvalue weighted by Crippen LogP contribution is 2.14. The van der Waals surface area contributed by atoms with Crippen LogP contribution in [0.3, 0.4) is 0 Å². The number of benzene rings is 1. The second kappa shape index (κ2) is 6.76. The van der Waals surface area contributed by atoms with Crippen molar-refractivity contribution in [3.8, 4) is 0 Å². The minimum Gasteiger partial charge on any atom is -0.373 e. The molecule has 1 atom stereocenters. The number of pyridine rings is 1. The van der Waals surface area contributed by atoms with Crippen LogP contribution in [0.4, 0.5) is 0 Å². The summed E-state index contributed by atoms with van der Waals surface area (Å²) in [4.78, 5) is 29.7. The van der Waals surface area contributed by atoms with E-state index in [9.17, 15) is 9.59 Å². The molecule has 1 aliphatic heterocycles. The maximum Gasteiger partial charge on any atom is 0.261 e. The molecule has 0 saturated carbocycles. The van der Waals surface area contributed by atoms with Crippen molar-refractivity contribution < 1.29 is 9.53 Å². The van der Waals surface area contributed by atoms with E-state index >= 15 is 0 Å². The summed E-state index contributed by atoms with van der Waals surface area (Å²) in [5.74, 6) is -0.262. The number of aromatic nitrogens is 3. The molecule has 0 aliphatic carbocycles. The van der Waals surface area contributed by atoms with Gasteiger partial charge >= 0.3 is 0 Å².